The predicted molar refractivity (Wildman–Crippen MR) is 71.6 cm³/mol. The van der Waals surface area contributed by atoms with Gasteiger partial charge in [-0.1, -0.05) is 28.1 Å². The number of piperidine rings is 1. The van der Waals surface area contributed by atoms with Gasteiger partial charge < -0.3 is 15.1 Å². The van der Waals surface area contributed by atoms with Crippen molar-refractivity contribution in [3.8, 4) is 0 Å². The molecule has 1 aromatic rings. The molecule has 18 heavy (non-hydrogen) atoms. The van der Waals surface area contributed by atoms with Gasteiger partial charge in [-0.2, -0.15) is 0 Å². The first-order chi connectivity index (χ1) is 8.56. The first-order valence-electron chi connectivity index (χ1n) is 5.96. The molecule has 98 valence electrons. The van der Waals surface area contributed by atoms with E-state index in [-0.39, 0.29) is 12.5 Å². The Morgan fingerprint density at radius 3 is 2.61 bits per heavy atom. The van der Waals surface area contributed by atoms with Crippen LogP contribution in [0.15, 0.2) is 28.7 Å². The first kappa shape index (κ1) is 13.4. The van der Waals surface area contributed by atoms with Crippen LogP contribution in [0, 0.1) is 5.92 Å². The molecule has 1 amide bonds. The monoisotopic (exact) mass is 313 g/mol. The van der Waals surface area contributed by atoms with Crippen LogP contribution in [0.5, 0.6) is 0 Å². The van der Waals surface area contributed by atoms with Crippen molar-refractivity contribution in [1.29, 1.82) is 0 Å². The summed E-state index contributed by atoms with van der Waals surface area (Å²) >= 11 is 3.38. The molecule has 4 nitrogen and oxygen atoms in total. The summed E-state index contributed by atoms with van der Waals surface area (Å²) in [6.45, 7) is 0.726. The summed E-state index contributed by atoms with van der Waals surface area (Å²) < 4.78 is 1.03. The summed E-state index contributed by atoms with van der Waals surface area (Å²) in [6.07, 6.45) is -0.0135. The average molecular weight is 314 g/mol. The number of carboxylic acid groups (broad SMARTS) is 1. The van der Waals surface area contributed by atoms with Gasteiger partial charge in [0.1, 0.15) is 0 Å². The van der Waals surface area contributed by atoms with Crippen LogP contribution >= 0.6 is 15.9 Å². The highest BCUT2D eigenvalue weighted by Gasteiger charge is 2.29. The molecule has 1 heterocycles. The molecule has 1 aromatic carbocycles. The smallest absolute Gasteiger partial charge is 0.407 e. The predicted octanol–water partition coefficient (Wildman–Crippen LogP) is 2.35. The number of benzene rings is 1. The first-order valence-corrected chi connectivity index (χ1v) is 6.76. The van der Waals surface area contributed by atoms with Crippen molar-refractivity contribution in [2.75, 3.05) is 13.1 Å². The zero-order valence-corrected chi connectivity index (χ0v) is 11.5. The van der Waals surface area contributed by atoms with Gasteiger partial charge >= 0.3 is 6.09 Å². The van der Waals surface area contributed by atoms with Crippen molar-refractivity contribution in [2.45, 2.75) is 18.9 Å². The Hall–Kier alpha value is -1.07. The number of rotatable bonds is 2. The fraction of sp³-hybridized carbons (Fsp3) is 0.462. The second-order valence-corrected chi connectivity index (χ2v) is 5.59. The largest absolute Gasteiger partial charge is 0.465 e. The quantitative estimate of drug-likeness (QED) is 0.881. The maximum atomic E-state index is 10.8. The minimum absolute atomic E-state index is 0.141. The molecule has 0 bridgehead atoms. The number of hydrogen-bond acceptors (Lipinski definition) is 2. The fourth-order valence-electron chi connectivity index (χ4n) is 2.32. The molecule has 1 aliphatic heterocycles. The van der Waals surface area contributed by atoms with Crippen molar-refractivity contribution in [1.82, 2.24) is 4.90 Å². The highest BCUT2D eigenvalue weighted by molar-refractivity contribution is 9.10. The lowest BCUT2D eigenvalue weighted by Gasteiger charge is -2.34. The minimum Gasteiger partial charge on any atom is -0.465 e. The Morgan fingerprint density at radius 1 is 1.39 bits per heavy atom. The number of β-amino-alcohol motifs (C(OH)–C–C–N with tert-alkyl or cyclic N) is 1. The van der Waals surface area contributed by atoms with Gasteiger partial charge in [0.05, 0.1) is 12.6 Å². The molecule has 1 saturated heterocycles. The second kappa shape index (κ2) is 5.71. The van der Waals surface area contributed by atoms with Crippen LogP contribution in [0.25, 0.3) is 0 Å². The van der Waals surface area contributed by atoms with E-state index in [4.69, 9.17) is 5.11 Å². The highest BCUT2D eigenvalue weighted by atomic mass is 79.9. The van der Waals surface area contributed by atoms with Gasteiger partial charge in [-0.25, -0.2) is 4.79 Å². The van der Waals surface area contributed by atoms with Crippen LogP contribution in [-0.2, 0) is 6.42 Å². The van der Waals surface area contributed by atoms with E-state index in [2.05, 4.69) is 15.9 Å². The van der Waals surface area contributed by atoms with Crippen molar-refractivity contribution < 1.29 is 15.0 Å². The van der Waals surface area contributed by atoms with Crippen LogP contribution in [-0.4, -0.2) is 40.4 Å². The standard InChI is InChI=1S/C13H16BrNO3/c14-11-3-1-9(2-4-11)7-10-5-6-15(13(17)18)8-12(10)16/h1-4,10,12,16H,5-8H2,(H,17,18)/t10-,12+/m0/s1. The molecular weight excluding hydrogens is 298 g/mol. The molecule has 0 aliphatic carbocycles. The molecule has 5 heteroatoms. The van der Waals surface area contributed by atoms with Gasteiger partial charge in [-0.05, 0) is 36.5 Å². The summed E-state index contributed by atoms with van der Waals surface area (Å²) in [7, 11) is 0. The summed E-state index contributed by atoms with van der Waals surface area (Å²) in [4.78, 5) is 12.1. The SMILES string of the molecule is O=C(O)N1CC[C@@H](Cc2ccc(Br)cc2)[C@H](O)C1. The molecule has 2 rings (SSSR count). The Balaban J connectivity index is 1.95. The molecule has 2 atom stereocenters. The summed E-state index contributed by atoms with van der Waals surface area (Å²) in [5.74, 6) is 0.141. The number of nitrogens with zero attached hydrogens (tertiary/aromatic N) is 1. The van der Waals surface area contributed by atoms with Crippen LogP contribution in [0.1, 0.15) is 12.0 Å². The Morgan fingerprint density at radius 2 is 2.06 bits per heavy atom. The molecule has 0 spiro atoms. The summed E-state index contributed by atoms with van der Waals surface area (Å²) in [6, 6.07) is 8.02. The lowest BCUT2D eigenvalue weighted by Crippen LogP contribution is -2.46. The van der Waals surface area contributed by atoms with Gasteiger partial charge in [0.25, 0.3) is 0 Å². The van der Waals surface area contributed by atoms with Crippen LogP contribution in [0.2, 0.25) is 0 Å². The van der Waals surface area contributed by atoms with E-state index in [1.807, 2.05) is 24.3 Å². The average Bonchev–Trinajstić information content (AvgIpc) is 2.34. The van der Waals surface area contributed by atoms with Crippen molar-refractivity contribution in [3.63, 3.8) is 0 Å². The molecular formula is C13H16BrNO3. The summed E-state index contributed by atoms with van der Waals surface area (Å²) in [5, 5.41) is 18.9. The second-order valence-electron chi connectivity index (χ2n) is 4.68. The van der Waals surface area contributed by atoms with Gasteiger partial charge in [0.15, 0.2) is 0 Å². The van der Waals surface area contributed by atoms with E-state index in [1.54, 1.807) is 0 Å². The molecule has 1 aliphatic rings. The van der Waals surface area contributed by atoms with Gasteiger partial charge in [-0.15, -0.1) is 0 Å². The highest BCUT2D eigenvalue weighted by Crippen LogP contribution is 2.23. The Labute approximate surface area is 114 Å². The third kappa shape index (κ3) is 3.23. The maximum absolute atomic E-state index is 10.8. The molecule has 0 radical (unpaired) electrons. The number of halogens is 1. The number of carbonyl (C=O) groups is 1. The number of amides is 1. The molecule has 0 unspecified atom stereocenters. The number of likely N-dealkylation sites (tertiary alicyclic amines) is 1. The van der Waals surface area contributed by atoms with Crippen LogP contribution in [0.4, 0.5) is 4.79 Å². The van der Waals surface area contributed by atoms with Gasteiger partial charge in [0.2, 0.25) is 0 Å². The number of aliphatic hydroxyl groups excluding tert-OH is 1. The number of aliphatic hydroxyl groups is 1. The van der Waals surface area contributed by atoms with E-state index < -0.39 is 12.2 Å². The topological polar surface area (TPSA) is 60.8 Å². The normalized spacial score (nSPS) is 24.0. The summed E-state index contributed by atoms with van der Waals surface area (Å²) in [5.41, 5.74) is 1.17. The van der Waals surface area contributed by atoms with E-state index in [0.29, 0.717) is 13.0 Å². The van der Waals surface area contributed by atoms with Gasteiger partial charge in [-0.3, -0.25) is 0 Å². The van der Waals surface area contributed by atoms with E-state index in [1.165, 1.54) is 10.5 Å². The van der Waals surface area contributed by atoms with E-state index in [9.17, 15) is 9.90 Å². The Kier molecular flexibility index (Phi) is 4.24. The van der Waals surface area contributed by atoms with Crippen molar-refractivity contribution in [3.05, 3.63) is 34.3 Å². The van der Waals surface area contributed by atoms with Crippen LogP contribution in [0.3, 0.4) is 0 Å². The third-order valence-corrected chi connectivity index (χ3v) is 3.93. The lowest BCUT2D eigenvalue weighted by molar-refractivity contribution is 0.0249. The minimum atomic E-state index is -0.948. The molecule has 2 N–H and O–H groups in total. The van der Waals surface area contributed by atoms with Gasteiger partial charge in [0, 0.05) is 11.0 Å². The van der Waals surface area contributed by atoms with E-state index in [0.717, 1.165) is 10.9 Å². The molecule has 0 aromatic heterocycles. The molecule has 0 saturated carbocycles. The molecule has 1 fully saturated rings. The zero-order chi connectivity index (χ0) is 13.1. The zero-order valence-electron chi connectivity index (χ0n) is 9.92. The van der Waals surface area contributed by atoms with Crippen molar-refractivity contribution in [2.24, 2.45) is 5.92 Å². The maximum Gasteiger partial charge on any atom is 0.407 e. The Bertz CT molecular complexity index is 421. The van der Waals surface area contributed by atoms with Crippen molar-refractivity contribution >= 4 is 22.0 Å². The fourth-order valence-corrected chi connectivity index (χ4v) is 2.58. The van der Waals surface area contributed by atoms with E-state index >= 15 is 0 Å². The van der Waals surface area contributed by atoms with Crippen LogP contribution < -0.4 is 0 Å². The third-order valence-electron chi connectivity index (χ3n) is 3.40. The lowest BCUT2D eigenvalue weighted by atomic mass is 9.88. The number of hydrogen-bond donors (Lipinski definition) is 2.